The predicted octanol–water partition coefficient (Wildman–Crippen LogP) is 5.50. The van der Waals surface area contributed by atoms with Crippen LogP contribution in [-0.2, 0) is 10.4 Å². The van der Waals surface area contributed by atoms with Crippen LogP contribution in [0.2, 0.25) is 5.02 Å². The molecule has 3 aliphatic rings. The summed E-state index contributed by atoms with van der Waals surface area (Å²) in [5.41, 5.74) is -2.16. The standard InChI is InChI=1S/C36H38ClF3N4O4/c37-31-21-29(11-12-30(31)33(46)44-22-28(23-44)41-32(45)26-7-3-1-4-8-26)42-17-13-24(14-18-42)25-15-19-43(20-16-25)34(47)35(48,36(38,39)40)27-9-5-2-6-10-27/h1-12,21,24-25,28,48H,13-20,22-23H2,(H,41,45)/t35-/m1/s1. The highest BCUT2D eigenvalue weighted by atomic mass is 35.5. The molecule has 0 aliphatic carbocycles. The van der Waals surface area contributed by atoms with Gasteiger partial charge in [-0.25, -0.2) is 0 Å². The number of benzene rings is 3. The zero-order valence-electron chi connectivity index (χ0n) is 26.3. The van der Waals surface area contributed by atoms with Crippen molar-refractivity contribution in [1.82, 2.24) is 15.1 Å². The van der Waals surface area contributed by atoms with E-state index in [1.807, 2.05) is 18.2 Å². The fraction of sp³-hybridized carbons (Fsp3) is 0.417. The summed E-state index contributed by atoms with van der Waals surface area (Å²) in [7, 11) is 0. The minimum absolute atomic E-state index is 0.119. The number of halogens is 4. The van der Waals surface area contributed by atoms with Gasteiger partial charge < -0.3 is 25.1 Å². The van der Waals surface area contributed by atoms with Gasteiger partial charge in [0.25, 0.3) is 23.3 Å². The van der Waals surface area contributed by atoms with Crippen molar-refractivity contribution < 1.29 is 32.7 Å². The normalized spacial score (nSPS) is 19.4. The summed E-state index contributed by atoms with van der Waals surface area (Å²) in [6.07, 6.45) is -2.22. The average Bonchev–Trinajstić information content (AvgIpc) is 3.09. The Morgan fingerprint density at radius 3 is 1.90 bits per heavy atom. The van der Waals surface area contributed by atoms with Gasteiger partial charge >= 0.3 is 6.18 Å². The summed E-state index contributed by atoms with van der Waals surface area (Å²) in [6.45, 7) is 2.68. The number of nitrogens with one attached hydrogen (secondary N) is 1. The Morgan fingerprint density at radius 1 is 0.771 bits per heavy atom. The Kier molecular flexibility index (Phi) is 9.71. The lowest BCUT2D eigenvalue weighted by atomic mass is 9.78. The molecule has 3 saturated heterocycles. The molecule has 0 saturated carbocycles. The van der Waals surface area contributed by atoms with Crippen molar-refractivity contribution in [1.29, 1.82) is 0 Å². The molecule has 0 unspecified atom stereocenters. The van der Waals surface area contributed by atoms with E-state index in [-0.39, 0.29) is 36.9 Å². The number of rotatable bonds is 7. The van der Waals surface area contributed by atoms with E-state index in [0.717, 1.165) is 48.7 Å². The number of hydrogen-bond donors (Lipinski definition) is 2. The summed E-state index contributed by atoms with van der Waals surface area (Å²) >= 11 is 6.59. The van der Waals surface area contributed by atoms with E-state index in [2.05, 4.69) is 10.2 Å². The average molecular weight is 683 g/mol. The molecule has 254 valence electrons. The number of carbonyl (C=O) groups is 3. The zero-order chi connectivity index (χ0) is 34.1. The van der Waals surface area contributed by atoms with E-state index < -0.39 is 23.2 Å². The molecule has 6 rings (SSSR count). The van der Waals surface area contributed by atoms with Crippen LogP contribution in [0.5, 0.6) is 0 Å². The lowest BCUT2D eigenvalue weighted by Gasteiger charge is -2.42. The Balaban J connectivity index is 0.978. The van der Waals surface area contributed by atoms with Gasteiger partial charge in [0.05, 0.1) is 16.6 Å². The molecule has 48 heavy (non-hydrogen) atoms. The van der Waals surface area contributed by atoms with Gasteiger partial charge in [-0.3, -0.25) is 14.4 Å². The van der Waals surface area contributed by atoms with Gasteiger partial charge in [-0.15, -0.1) is 0 Å². The number of piperidine rings is 2. The number of anilines is 1. The third kappa shape index (κ3) is 6.75. The van der Waals surface area contributed by atoms with E-state index >= 15 is 0 Å². The highest BCUT2D eigenvalue weighted by Gasteiger charge is 2.62. The maximum atomic E-state index is 14.0. The van der Waals surface area contributed by atoms with Crippen molar-refractivity contribution in [3.05, 3.63) is 101 Å². The highest BCUT2D eigenvalue weighted by molar-refractivity contribution is 6.34. The molecule has 12 heteroatoms. The van der Waals surface area contributed by atoms with E-state index in [1.54, 1.807) is 35.2 Å². The number of nitrogens with zero attached hydrogens (tertiary/aromatic N) is 3. The van der Waals surface area contributed by atoms with Crippen molar-refractivity contribution in [3.63, 3.8) is 0 Å². The van der Waals surface area contributed by atoms with Crippen LogP contribution < -0.4 is 10.2 Å². The molecular weight excluding hydrogens is 645 g/mol. The first kappa shape index (κ1) is 33.8. The molecule has 3 fully saturated rings. The third-order valence-corrected chi connectivity index (χ3v) is 10.3. The lowest BCUT2D eigenvalue weighted by molar-refractivity contribution is -0.262. The molecule has 2 N–H and O–H groups in total. The second kappa shape index (κ2) is 13.8. The largest absolute Gasteiger partial charge is 0.430 e. The Bertz CT molecular complexity index is 1620. The first-order valence-corrected chi connectivity index (χ1v) is 16.7. The smallest absolute Gasteiger partial charge is 0.371 e. The predicted molar refractivity (Wildman–Crippen MR) is 176 cm³/mol. The number of alkyl halides is 3. The quantitative estimate of drug-likeness (QED) is 0.344. The van der Waals surface area contributed by atoms with Gasteiger partial charge in [0.2, 0.25) is 0 Å². The molecule has 1 atom stereocenters. The molecule has 0 spiro atoms. The fourth-order valence-electron chi connectivity index (χ4n) is 7.16. The molecule has 3 aromatic carbocycles. The van der Waals surface area contributed by atoms with Crippen LogP contribution in [0.25, 0.3) is 0 Å². The van der Waals surface area contributed by atoms with Crippen LogP contribution in [0, 0.1) is 11.8 Å². The Morgan fingerprint density at radius 2 is 1.33 bits per heavy atom. The highest BCUT2D eigenvalue weighted by Crippen LogP contribution is 2.42. The van der Waals surface area contributed by atoms with Crippen LogP contribution in [0.15, 0.2) is 78.9 Å². The number of carbonyl (C=O) groups excluding carboxylic acids is 3. The van der Waals surface area contributed by atoms with E-state index in [4.69, 9.17) is 11.6 Å². The number of hydrogen-bond acceptors (Lipinski definition) is 5. The second-order valence-corrected chi connectivity index (χ2v) is 13.3. The third-order valence-electron chi connectivity index (χ3n) is 10.0. The maximum Gasteiger partial charge on any atom is 0.430 e. The Hall–Kier alpha value is -4.09. The van der Waals surface area contributed by atoms with Gasteiger partial charge in [0.1, 0.15) is 0 Å². The first-order valence-electron chi connectivity index (χ1n) is 16.3. The molecule has 0 radical (unpaired) electrons. The van der Waals surface area contributed by atoms with Crippen molar-refractivity contribution in [2.24, 2.45) is 11.8 Å². The molecule has 3 aliphatic heterocycles. The minimum atomic E-state index is -5.15. The molecule has 8 nitrogen and oxygen atoms in total. The van der Waals surface area contributed by atoms with E-state index in [1.165, 1.54) is 18.2 Å². The monoisotopic (exact) mass is 682 g/mol. The van der Waals surface area contributed by atoms with Crippen LogP contribution in [0.1, 0.15) is 52.0 Å². The second-order valence-electron chi connectivity index (χ2n) is 12.9. The van der Waals surface area contributed by atoms with Crippen molar-refractivity contribution >= 4 is 35.0 Å². The molecule has 3 aromatic rings. The molecular formula is C36H38ClF3N4O4. The number of amides is 3. The molecule has 3 heterocycles. The maximum absolute atomic E-state index is 14.0. The first-order chi connectivity index (χ1) is 23.0. The van der Waals surface area contributed by atoms with Gasteiger partial charge in [-0.05, 0) is 67.9 Å². The zero-order valence-corrected chi connectivity index (χ0v) is 27.1. The number of aliphatic hydroxyl groups is 1. The van der Waals surface area contributed by atoms with Crippen LogP contribution >= 0.6 is 11.6 Å². The summed E-state index contributed by atoms with van der Waals surface area (Å²) in [5, 5.41) is 14.0. The van der Waals surface area contributed by atoms with Crippen LogP contribution in [0.4, 0.5) is 18.9 Å². The number of likely N-dealkylation sites (tertiary alicyclic amines) is 2. The van der Waals surface area contributed by atoms with Crippen molar-refractivity contribution in [2.75, 3.05) is 44.2 Å². The summed E-state index contributed by atoms with van der Waals surface area (Å²) in [5.74, 6) is -1.03. The molecule has 0 bridgehead atoms. The molecule has 3 amide bonds. The SMILES string of the molecule is O=C(NC1CN(C(=O)c2ccc(N3CCC(C4CCN(C(=O)[C@](O)(c5ccccc5)C(F)(F)F)CC4)CC3)cc2Cl)C1)c1ccccc1. The van der Waals surface area contributed by atoms with Gasteiger partial charge in [-0.1, -0.05) is 60.1 Å². The topological polar surface area (TPSA) is 93.2 Å². The van der Waals surface area contributed by atoms with Crippen molar-refractivity contribution in [2.45, 2.75) is 43.5 Å². The lowest BCUT2D eigenvalue weighted by Crippen LogP contribution is -2.61. The van der Waals surface area contributed by atoms with E-state index in [9.17, 15) is 32.7 Å². The summed E-state index contributed by atoms with van der Waals surface area (Å²) in [6, 6.07) is 20.8. The van der Waals surface area contributed by atoms with Gasteiger partial charge in [0, 0.05) is 56.1 Å². The fourth-order valence-corrected chi connectivity index (χ4v) is 7.41. The van der Waals surface area contributed by atoms with Gasteiger partial charge in [0.15, 0.2) is 0 Å². The van der Waals surface area contributed by atoms with E-state index in [0.29, 0.717) is 48.0 Å². The van der Waals surface area contributed by atoms with Crippen LogP contribution in [-0.4, -0.2) is 84.1 Å². The molecule has 0 aromatic heterocycles. The minimum Gasteiger partial charge on any atom is -0.371 e. The summed E-state index contributed by atoms with van der Waals surface area (Å²) < 4.78 is 42.1. The van der Waals surface area contributed by atoms with Crippen LogP contribution in [0.3, 0.4) is 0 Å². The Labute approximate surface area is 282 Å². The van der Waals surface area contributed by atoms with Crippen molar-refractivity contribution in [3.8, 4) is 0 Å². The van der Waals surface area contributed by atoms with Gasteiger partial charge in [-0.2, -0.15) is 13.2 Å². The summed E-state index contributed by atoms with van der Waals surface area (Å²) in [4.78, 5) is 43.6.